The molecule has 2 aromatic rings. The van der Waals surface area contributed by atoms with Crippen molar-refractivity contribution >= 4 is 20.0 Å². The van der Waals surface area contributed by atoms with Gasteiger partial charge in [-0.15, -0.1) is 0 Å². The molecule has 0 saturated carbocycles. The maximum atomic E-state index is 12.8. The molecule has 31 heavy (non-hydrogen) atoms. The Morgan fingerprint density at radius 1 is 0.839 bits per heavy atom. The van der Waals surface area contributed by atoms with Gasteiger partial charge in [0.25, 0.3) is 0 Å². The minimum atomic E-state index is -3.62. The van der Waals surface area contributed by atoms with Crippen molar-refractivity contribution < 1.29 is 21.6 Å². The largest absolute Gasteiger partial charge is 0.494 e. The van der Waals surface area contributed by atoms with Gasteiger partial charge in [0.2, 0.25) is 20.0 Å². The van der Waals surface area contributed by atoms with Gasteiger partial charge in [-0.3, -0.25) is 0 Å². The lowest BCUT2D eigenvalue weighted by Crippen LogP contribution is -2.31. The van der Waals surface area contributed by atoms with Gasteiger partial charge < -0.3 is 4.74 Å². The fourth-order valence-corrected chi connectivity index (χ4v) is 6.10. The third kappa shape index (κ3) is 6.29. The van der Waals surface area contributed by atoms with Crippen molar-refractivity contribution in [1.29, 1.82) is 0 Å². The highest BCUT2D eigenvalue weighted by Crippen LogP contribution is 2.21. The van der Waals surface area contributed by atoms with Crippen LogP contribution in [0.1, 0.15) is 38.2 Å². The Morgan fingerprint density at radius 2 is 1.42 bits per heavy atom. The van der Waals surface area contributed by atoms with Crippen LogP contribution in [0.4, 0.5) is 0 Å². The molecule has 0 unspecified atom stereocenters. The molecule has 0 aromatic heterocycles. The first kappa shape index (κ1) is 23.7. The number of sulfonamides is 2. The fourth-order valence-electron chi connectivity index (χ4n) is 3.55. The SMILES string of the molecule is CCOc1ccc(S(=O)(=O)NCCc2ccc(S(=O)(=O)N3CCCCCC3)cc2)cc1. The van der Waals surface area contributed by atoms with E-state index in [1.807, 2.05) is 6.92 Å². The Balaban J connectivity index is 1.57. The molecule has 0 spiro atoms. The second kappa shape index (κ2) is 10.6. The van der Waals surface area contributed by atoms with Gasteiger partial charge in [0, 0.05) is 19.6 Å². The smallest absolute Gasteiger partial charge is 0.243 e. The number of hydrogen-bond donors (Lipinski definition) is 1. The molecular weight excluding hydrogens is 436 g/mol. The van der Waals surface area contributed by atoms with E-state index in [0.29, 0.717) is 31.9 Å². The van der Waals surface area contributed by atoms with Crippen LogP contribution < -0.4 is 9.46 Å². The summed E-state index contributed by atoms with van der Waals surface area (Å²) >= 11 is 0. The molecule has 9 heteroatoms. The highest BCUT2D eigenvalue weighted by molar-refractivity contribution is 7.89. The molecular formula is C22H30N2O5S2. The van der Waals surface area contributed by atoms with Gasteiger partial charge in [-0.1, -0.05) is 25.0 Å². The first-order chi connectivity index (χ1) is 14.8. The zero-order chi connectivity index (χ0) is 22.3. The first-order valence-corrected chi connectivity index (χ1v) is 13.6. The Hall–Kier alpha value is -1.94. The van der Waals surface area contributed by atoms with Gasteiger partial charge in [-0.25, -0.2) is 21.6 Å². The molecule has 170 valence electrons. The van der Waals surface area contributed by atoms with E-state index >= 15 is 0 Å². The Labute approximate surface area is 185 Å². The summed E-state index contributed by atoms with van der Waals surface area (Å²) in [6, 6.07) is 13.0. The van der Waals surface area contributed by atoms with E-state index in [0.717, 1.165) is 31.2 Å². The zero-order valence-electron chi connectivity index (χ0n) is 17.8. The van der Waals surface area contributed by atoms with Gasteiger partial charge in [0.05, 0.1) is 16.4 Å². The monoisotopic (exact) mass is 466 g/mol. The van der Waals surface area contributed by atoms with Gasteiger partial charge in [-0.2, -0.15) is 4.31 Å². The Morgan fingerprint density at radius 3 is 2.00 bits per heavy atom. The lowest BCUT2D eigenvalue weighted by atomic mass is 10.2. The van der Waals surface area contributed by atoms with Crippen LogP contribution in [0.25, 0.3) is 0 Å². The van der Waals surface area contributed by atoms with Gasteiger partial charge in [-0.05, 0) is 68.1 Å². The van der Waals surface area contributed by atoms with Crippen LogP contribution in [-0.2, 0) is 26.5 Å². The maximum absolute atomic E-state index is 12.8. The van der Waals surface area contributed by atoms with Crippen molar-refractivity contribution in [1.82, 2.24) is 9.03 Å². The zero-order valence-corrected chi connectivity index (χ0v) is 19.4. The van der Waals surface area contributed by atoms with E-state index in [4.69, 9.17) is 4.74 Å². The highest BCUT2D eigenvalue weighted by atomic mass is 32.2. The summed E-state index contributed by atoms with van der Waals surface area (Å²) in [5, 5.41) is 0. The molecule has 3 rings (SSSR count). The molecule has 7 nitrogen and oxygen atoms in total. The van der Waals surface area contributed by atoms with Crippen molar-refractivity contribution in [2.45, 2.75) is 48.8 Å². The molecule has 1 fully saturated rings. The van der Waals surface area contributed by atoms with E-state index in [2.05, 4.69) is 4.72 Å². The standard InChI is InChI=1S/C22H30N2O5S2/c1-2-29-20-9-13-21(14-10-20)30(25,26)23-16-15-19-7-11-22(12-8-19)31(27,28)24-17-5-3-4-6-18-24/h7-14,23H,2-6,15-18H2,1H3. The van der Waals surface area contributed by atoms with E-state index in [1.54, 1.807) is 40.7 Å². The average molecular weight is 467 g/mol. The minimum absolute atomic E-state index is 0.176. The topological polar surface area (TPSA) is 92.8 Å². The minimum Gasteiger partial charge on any atom is -0.494 e. The molecule has 0 bridgehead atoms. The van der Waals surface area contributed by atoms with Crippen molar-refractivity contribution in [2.75, 3.05) is 26.2 Å². The molecule has 1 heterocycles. The lowest BCUT2D eigenvalue weighted by Gasteiger charge is -2.20. The highest BCUT2D eigenvalue weighted by Gasteiger charge is 2.24. The maximum Gasteiger partial charge on any atom is 0.243 e. The summed E-state index contributed by atoms with van der Waals surface area (Å²) in [6.07, 6.45) is 4.38. The summed E-state index contributed by atoms with van der Waals surface area (Å²) < 4.78 is 60.1. The summed E-state index contributed by atoms with van der Waals surface area (Å²) in [5.41, 5.74) is 0.865. The van der Waals surface area contributed by atoms with Crippen LogP contribution >= 0.6 is 0 Å². The van der Waals surface area contributed by atoms with Gasteiger partial charge >= 0.3 is 0 Å². The molecule has 1 aliphatic heterocycles. The number of rotatable bonds is 9. The molecule has 0 atom stereocenters. The van der Waals surface area contributed by atoms with E-state index < -0.39 is 20.0 Å². The molecule has 1 N–H and O–H groups in total. The van der Waals surface area contributed by atoms with Crippen molar-refractivity contribution in [3.05, 3.63) is 54.1 Å². The fraction of sp³-hybridized carbons (Fsp3) is 0.455. The van der Waals surface area contributed by atoms with Crippen molar-refractivity contribution in [3.63, 3.8) is 0 Å². The third-order valence-electron chi connectivity index (χ3n) is 5.28. The second-order valence-corrected chi connectivity index (χ2v) is 11.2. The molecule has 1 saturated heterocycles. The number of benzene rings is 2. The number of nitrogens with one attached hydrogen (secondary N) is 1. The second-order valence-electron chi connectivity index (χ2n) is 7.51. The third-order valence-corrected chi connectivity index (χ3v) is 8.67. The van der Waals surface area contributed by atoms with Crippen LogP contribution in [0.5, 0.6) is 5.75 Å². The number of hydrogen-bond acceptors (Lipinski definition) is 5. The van der Waals surface area contributed by atoms with Crippen molar-refractivity contribution in [3.8, 4) is 5.75 Å². The predicted molar refractivity (Wildman–Crippen MR) is 120 cm³/mol. The normalized spacial score (nSPS) is 16.0. The van der Waals surface area contributed by atoms with Crippen LogP contribution in [0, 0.1) is 0 Å². The lowest BCUT2D eigenvalue weighted by molar-refractivity contribution is 0.340. The average Bonchev–Trinajstić information content (AvgIpc) is 3.05. The van der Waals surface area contributed by atoms with E-state index in [-0.39, 0.29) is 16.3 Å². The van der Waals surface area contributed by atoms with Gasteiger partial charge in [0.1, 0.15) is 5.75 Å². The molecule has 0 amide bonds. The number of nitrogens with zero attached hydrogens (tertiary/aromatic N) is 1. The van der Waals surface area contributed by atoms with Crippen LogP contribution in [0.15, 0.2) is 58.3 Å². The molecule has 1 aliphatic rings. The molecule has 2 aromatic carbocycles. The van der Waals surface area contributed by atoms with E-state index in [9.17, 15) is 16.8 Å². The van der Waals surface area contributed by atoms with Crippen LogP contribution in [0.2, 0.25) is 0 Å². The first-order valence-electron chi connectivity index (χ1n) is 10.6. The van der Waals surface area contributed by atoms with Crippen LogP contribution in [-0.4, -0.2) is 47.4 Å². The summed E-state index contributed by atoms with van der Waals surface area (Å²) in [5.74, 6) is 0.622. The van der Waals surface area contributed by atoms with Gasteiger partial charge in [0.15, 0.2) is 0 Å². The molecule has 0 radical (unpaired) electrons. The Bertz CT molecular complexity index is 1040. The number of ether oxygens (including phenoxy) is 1. The van der Waals surface area contributed by atoms with E-state index in [1.165, 1.54) is 12.1 Å². The summed E-state index contributed by atoms with van der Waals surface area (Å²) in [4.78, 5) is 0.461. The molecule has 0 aliphatic carbocycles. The summed E-state index contributed by atoms with van der Waals surface area (Å²) in [7, 11) is -7.10. The Kier molecular flexibility index (Phi) is 8.10. The van der Waals surface area contributed by atoms with Crippen LogP contribution in [0.3, 0.4) is 0 Å². The van der Waals surface area contributed by atoms with Crippen molar-refractivity contribution in [2.24, 2.45) is 0 Å². The quantitative estimate of drug-likeness (QED) is 0.613. The summed E-state index contributed by atoms with van der Waals surface area (Å²) in [6.45, 7) is 3.73. The predicted octanol–water partition coefficient (Wildman–Crippen LogP) is 3.17.